The SMILES string of the molecule is O=C(Nc1ccc2c(c1)N(C(=O)c1ccco1)CC2)Nc1c(F)cccc1F. The Kier molecular flexibility index (Phi) is 4.52. The molecule has 142 valence electrons. The first-order valence-corrected chi connectivity index (χ1v) is 8.53. The first-order valence-electron chi connectivity index (χ1n) is 8.53. The molecule has 0 fully saturated rings. The Hall–Kier alpha value is -3.68. The number of carbonyl (C=O) groups is 2. The van der Waals surface area contributed by atoms with Crippen LogP contribution in [0.2, 0.25) is 0 Å². The van der Waals surface area contributed by atoms with Crippen LogP contribution in [0.5, 0.6) is 0 Å². The Balaban J connectivity index is 1.52. The maximum absolute atomic E-state index is 13.7. The molecule has 4 rings (SSSR count). The average molecular weight is 383 g/mol. The Morgan fingerprint density at radius 1 is 1.00 bits per heavy atom. The van der Waals surface area contributed by atoms with E-state index in [2.05, 4.69) is 10.6 Å². The molecule has 1 aromatic heterocycles. The highest BCUT2D eigenvalue weighted by Crippen LogP contribution is 2.32. The smallest absolute Gasteiger partial charge is 0.323 e. The van der Waals surface area contributed by atoms with Gasteiger partial charge in [0, 0.05) is 17.9 Å². The van der Waals surface area contributed by atoms with Crippen molar-refractivity contribution in [2.75, 3.05) is 22.1 Å². The zero-order valence-electron chi connectivity index (χ0n) is 14.5. The van der Waals surface area contributed by atoms with Crippen LogP contribution in [0.15, 0.2) is 59.2 Å². The largest absolute Gasteiger partial charge is 0.459 e. The predicted molar refractivity (Wildman–Crippen MR) is 99.5 cm³/mol. The fourth-order valence-electron chi connectivity index (χ4n) is 3.09. The van der Waals surface area contributed by atoms with Crippen molar-refractivity contribution in [2.45, 2.75) is 6.42 Å². The van der Waals surface area contributed by atoms with Gasteiger partial charge in [-0.2, -0.15) is 0 Å². The number of hydrogen-bond acceptors (Lipinski definition) is 3. The first kappa shape index (κ1) is 17.7. The third-order valence-corrected chi connectivity index (χ3v) is 4.42. The van der Waals surface area contributed by atoms with E-state index in [0.29, 0.717) is 24.3 Å². The van der Waals surface area contributed by atoms with Gasteiger partial charge < -0.3 is 20.0 Å². The highest BCUT2D eigenvalue weighted by Gasteiger charge is 2.27. The van der Waals surface area contributed by atoms with Gasteiger partial charge in [-0.1, -0.05) is 12.1 Å². The lowest BCUT2D eigenvalue weighted by Crippen LogP contribution is -2.28. The number of amides is 3. The summed E-state index contributed by atoms with van der Waals surface area (Å²) in [5.74, 6) is -1.81. The lowest BCUT2D eigenvalue weighted by Gasteiger charge is -2.17. The number of nitrogens with zero attached hydrogens (tertiary/aromatic N) is 1. The third-order valence-electron chi connectivity index (χ3n) is 4.42. The molecule has 28 heavy (non-hydrogen) atoms. The summed E-state index contributed by atoms with van der Waals surface area (Å²) in [5, 5.41) is 4.68. The Morgan fingerprint density at radius 2 is 1.79 bits per heavy atom. The van der Waals surface area contributed by atoms with Crippen molar-refractivity contribution in [1.82, 2.24) is 0 Å². The van der Waals surface area contributed by atoms with E-state index in [1.165, 1.54) is 12.3 Å². The quantitative estimate of drug-likeness (QED) is 0.704. The summed E-state index contributed by atoms with van der Waals surface area (Å²) >= 11 is 0. The maximum Gasteiger partial charge on any atom is 0.323 e. The van der Waals surface area contributed by atoms with Crippen molar-refractivity contribution >= 4 is 29.0 Å². The molecular formula is C20H15F2N3O3. The van der Waals surface area contributed by atoms with E-state index in [-0.39, 0.29) is 11.7 Å². The van der Waals surface area contributed by atoms with E-state index in [9.17, 15) is 18.4 Å². The fraction of sp³-hybridized carbons (Fsp3) is 0.100. The van der Waals surface area contributed by atoms with Gasteiger partial charge in [0.1, 0.15) is 17.3 Å². The molecule has 0 bridgehead atoms. The molecule has 3 aromatic rings. The third kappa shape index (κ3) is 3.32. The number of urea groups is 1. The van der Waals surface area contributed by atoms with Gasteiger partial charge in [0.2, 0.25) is 0 Å². The Labute approximate surface area is 158 Å². The number of benzene rings is 2. The van der Waals surface area contributed by atoms with Gasteiger partial charge in [-0.3, -0.25) is 4.79 Å². The lowest BCUT2D eigenvalue weighted by atomic mass is 10.1. The van der Waals surface area contributed by atoms with Crippen LogP contribution in [0.1, 0.15) is 16.1 Å². The van der Waals surface area contributed by atoms with E-state index in [1.807, 2.05) is 0 Å². The summed E-state index contributed by atoms with van der Waals surface area (Å²) in [4.78, 5) is 26.3. The van der Waals surface area contributed by atoms with Gasteiger partial charge in [0.25, 0.3) is 5.91 Å². The van der Waals surface area contributed by atoms with Crippen molar-refractivity contribution in [3.63, 3.8) is 0 Å². The molecule has 0 aliphatic carbocycles. The standard InChI is InChI=1S/C20H15F2N3O3/c21-14-3-1-4-15(22)18(14)24-20(27)23-13-7-6-12-8-9-25(16(12)11-13)19(26)17-5-2-10-28-17/h1-7,10-11H,8-9H2,(H2,23,24,27). The lowest BCUT2D eigenvalue weighted by molar-refractivity contribution is 0.0963. The number of furan rings is 1. The van der Waals surface area contributed by atoms with Crippen LogP contribution in [0.25, 0.3) is 0 Å². The summed E-state index contributed by atoms with van der Waals surface area (Å²) in [7, 11) is 0. The number of carbonyl (C=O) groups excluding carboxylic acids is 2. The molecule has 3 amide bonds. The molecule has 2 aromatic carbocycles. The van der Waals surface area contributed by atoms with E-state index >= 15 is 0 Å². The van der Waals surface area contributed by atoms with E-state index < -0.39 is 23.4 Å². The first-order chi connectivity index (χ1) is 13.5. The predicted octanol–water partition coefficient (Wildman–Crippen LogP) is 4.40. The molecule has 0 saturated heterocycles. The summed E-state index contributed by atoms with van der Waals surface area (Å²) in [6.45, 7) is 0.491. The van der Waals surface area contributed by atoms with Crippen molar-refractivity contribution < 1.29 is 22.8 Å². The van der Waals surface area contributed by atoms with Crippen LogP contribution in [-0.2, 0) is 6.42 Å². The Morgan fingerprint density at radius 3 is 2.50 bits per heavy atom. The van der Waals surface area contributed by atoms with Crippen LogP contribution in [0, 0.1) is 11.6 Å². The zero-order chi connectivity index (χ0) is 19.7. The second-order valence-electron chi connectivity index (χ2n) is 6.20. The average Bonchev–Trinajstić information content (AvgIpc) is 3.34. The van der Waals surface area contributed by atoms with Crippen LogP contribution in [0.3, 0.4) is 0 Å². The van der Waals surface area contributed by atoms with E-state index in [4.69, 9.17) is 4.42 Å². The second kappa shape index (κ2) is 7.15. The summed E-state index contributed by atoms with van der Waals surface area (Å²) in [6.07, 6.45) is 2.10. The highest BCUT2D eigenvalue weighted by molar-refractivity contribution is 6.06. The van der Waals surface area contributed by atoms with Crippen molar-refractivity contribution in [3.05, 3.63) is 77.8 Å². The summed E-state index contributed by atoms with van der Waals surface area (Å²) in [6, 6.07) is 10.8. The summed E-state index contributed by atoms with van der Waals surface area (Å²) in [5.41, 5.74) is 1.45. The number of fused-ring (bicyclic) bond motifs is 1. The molecule has 0 spiro atoms. The zero-order valence-corrected chi connectivity index (χ0v) is 14.5. The van der Waals surface area contributed by atoms with Gasteiger partial charge in [-0.05, 0) is 48.4 Å². The topological polar surface area (TPSA) is 74.6 Å². The van der Waals surface area contributed by atoms with Crippen LogP contribution in [-0.4, -0.2) is 18.5 Å². The molecule has 8 heteroatoms. The Bertz CT molecular complexity index is 1030. The molecule has 0 saturated carbocycles. The van der Waals surface area contributed by atoms with Gasteiger partial charge >= 0.3 is 6.03 Å². The van der Waals surface area contributed by atoms with Crippen molar-refractivity contribution in [3.8, 4) is 0 Å². The minimum absolute atomic E-state index is 0.221. The van der Waals surface area contributed by atoms with E-state index in [0.717, 1.165) is 17.7 Å². The minimum Gasteiger partial charge on any atom is -0.459 e. The molecule has 0 radical (unpaired) electrons. The summed E-state index contributed by atoms with van der Waals surface area (Å²) < 4.78 is 32.5. The van der Waals surface area contributed by atoms with Crippen molar-refractivity contribution in [2.24, 2.45) is 0 Å². The highest BCUT2D eigenvalue weighted by atomic mass is 19.1. The molecular weight excluding hydrogens is 368 g/mol. The van der Waals surface area contributed by atoms with Gasteiger partial charge in [-0.25, -0.2) is 13.6 Å². The second-order valence-corrected chi connectivity index (χ2v) is 6.20. The number of nitrogens with one attached hydrogen (secondary N) is 2. The molecule has 0 atom stereocenters. The van der Waals surface area contributed by atoms with Gasteiger partial charge in [0.05, 0.1) is 6.26 Å². The maximum atomic E-state index is 13.7. The fourth-order valence-corrected chi connectivity index (χ4v) is 3.09. The van der Waals surface area contributed by atoms with Crippen LogP contribution in [0.4, 0.5) is 30.6 Å². The molecule has 1 aliphatic heterocycles. The van der Waals surface area contributed by atoms with Gasteiger partial charge in [-0.15, -0.1) is 0 Å². The monoisotopic (exact) mass is 383 g/mol. The molecule has 2 N–H and O–H groups in total. The van der Waals surface area contributed by atoms with Crippen LogP contribution < -0.4 is 15.5 Å². The minimum atomic E-state index is -0.876. The number of para-hydroxylation sites is 1. The normalized spacial score (nSPS) is 12.6. The molecule has 2 heterocycles. The number of anilines is 3. The number of hydrogen-bond donors (Lipinski definition) is 2. The van der Waals surface area contributed by atoms with Gasteiger partial charge in [0.15, 0.2) is 5.76 Å². The number of rotatable bonds is 3. The number of halogens is 2. The molecule has 0 unspecified atom stereocenters. The molecule has 1 aliphatic rings. The van der Waals surface area contributed by atoms with Crippen LogP contribution >= 0.6 is 0 Å². The van der Waals surface area contributed by atoms with Crippen molar-refractivity contribution in [1.29, 1.82) is 0 Å². The molecule has 6 nitrogen and oxygen atoms in total. The van der Waals surface area contributed by atoms with E-state index in [1.54, 1.807) is 35.2 Å².